The first-order chi connectivity index (χ1) is 15.1. The lowest BCUT2D eigenvalue weighted by Crippen LogP contribution is -2.29. The van der Waals surface area contributed by atoms with Crippen LogP contribution in [0.2, 0.25) is 0 Å². The highest BCUT2D eigenvalue weighted by atomic mass is 16.5. The van der Waals surface area contributed by atoms with Gasteiger partial charge in [0.15, 0.2) is 11.5 Å². The predicted octanol–water partition coefficient (Wildman–Crippen LogP) is 2.58. The quantitative estimate of drug-likeness (QED) is 0.336. The molecular weight excluding hydrogens is 394 g/mol. The van der Waals surface area contributed by atoms with Crippen molar-refractivity contribution >= 4 is 16.7 Å². The van der Waals surface area contributed by atoms with Crippen LogP contribution in [0.4, 0.5) is 5.69 Å². The van der Waals surface area contributed by atoms with Crippen molar-refractivity contribution in [3.05, 3.63) is 74.4 Å². The Balaban J connectivity index is 1.80. The first-order valence-corrected chi connectivity index (χ1v) is 10.3. The summed E-state index contributed by atoms with van der Waals surface area (Å²) in [4.78, 5) is 35.2. The van der Waals surface area contributed by atoms with E-state index in [1.807, 2.05) is 41.8 Å². The fourth-order valence-corrected chi connectivity index (χ4v) is 3.74. The number of benzene rings is 2. The summed E-state index contributed by atoms with van der Waals surface area (Å²) >= 11 is 0. The third-order valence-corrected chi connectivity index (χ3v) is 5.27. The summed E-state index contributed by atoms with van der Waals surface area (Å²) < 4.78 is 7.06. The average Bonchev–Trinajstić information content (AvgIpc) is 2.75. The molecule has 0 bridgehead atoms. The fraction of sp³-hybridized carbons (Fsp3) is 0.304. The molecule has 2 aliphatic rings. The molecule has 2 aliphatic heterocycles. The van der Waals surface area contributed by atoms with Crippen molar-refractivity contribution in [2.45, 2.75) is 26.3 Å². The number of aryl methyl sites for hydroxylation is 3. The number of nitrogens with one attached hydrogen (secondary N) is 2. The number of aromatic amines is 1. The molecule has 8 heteroatoms. The lowest BCUT2D eigenvalue weighted by atomic mass is 10.1. The SMILES string of the molecule is COCCNc1cc2c(cc1C)nc1c(=O)[nH]c(=O)nc-1n2CCCc1ccccc1. The van der Waals surface area contributed by atoms with Gasteiger partial charge in [-0.3, -0.25) is 9.78 Å². The minimum absolute atomic E-state index is 0.173. The molecule has 0 radical (unpaired) electrons. The van der Waals surface area contributed by atoms with Gasteiger partial charge in [-0.2, -0.15) is 4.98 Å². The van der Waals surface area contributed by atoms with Crippen molar-refractivity contribution < 1.29 is 4.74 Å². The second-order valence-electron chi connectivity index (χ2n) is 7.47. The maximum absolute atomic E-state index is 12.4. The minimum atomic E-state index is -0.666. The molecule has 2 heterocycles. The van der Waals surface area contributed by atoms with Gasteiger partial charge in [0.1, 0.15) is 0 Å². The largest absolute Gasteiger partial charge is 0.383 e. The average molecular weight is 419 g/mol. The first kappa shape index (κ1) is 20.7. The van der Waals surface area contributed by atoms with E-state index < -0.39 is 11.2 Å². The number of ether oxygens (including phenoxy) is 1. The molecule has 0 saturated heterocycles. The van der Waals surface area contributed by atoms with E-state index in [1.165, 1.54) is 5.56 Å². The molecule has 31 heavy (non-hydrogen) atoms. The van der Waals surface area contributed by atoms with Gasteiger partial charge in [0.2, 0.25) is 0 Å². The summed E-state index contributed by atoms with van der Waals surface area (Å²) in [5, 5.41) is 3.37. The van der Waals surface area contributed by atoms with Crippen LogP contribution in [0.3, 0.4) is 0 Å². The molecule has 0 fully saturated rings. The Bertz CT molecular complexity index is 1280. The maximum Gasteiger partial charge on any atom is 0.349 e. The number of hydrogen-bond donors (Lipinski definition) is 2. The Labute approximate surface area is 179 Å². The van der Waals surface area contributed by atoms with E-state index in [0.717, 1.165) is 29.6 Å². The number of nitrogens with zero attached hydrogens (tertiary/aromatic N) is 3. The van der Waals surface area contributed by atoms with Gasteiger partial charge >= 0.3 is 5.69 Å². The highest BCUT2D eigenvalue weighted by molar-refractivity contribution is 5.84. The van der Waals surface area contributed by atoms with Gasteiger partial charge in [-0.15, -0.1) is 0 Å². The van der Waals surface area contributed by atoms with E-state index >= 15 is 0 Å². The van der Waals surface area contributed by atoms with E-state index in [4.69, 9.17) is 4.74 Å². The van der Waals surface area contributed by atoms with Gasteiger partial charge in [-0.25, -0.2) is 9.78 Å². The Morgan fingerprint density at radius 1 is 1.13 bits per heavy atom. The highest BCUT2D eigenvalue weighted by Gasteiger charge is 2.19. The van der Waals surface area contributed by atoms with Gasteiger partial charge in [-0.05, 0) is 43.0 Å². The van der Waals surface area contributed by atoms with Crippen LogP contribution in [0.5, 0.6) is 0 Å². The van der Waals surface area contributed by atoms with Crippen molar-refractivity contribution in [1.82, 2.24) is 19.5 Å². The van der Waals surface area contributed by atoms with E-state index in [-0.39, 0.29) is 5.69 Å². The standard InChI is InChI=1S/C23H25N5O3/c1-15-13-18-19(14-17(15)24-10-12-31-2)28(11-6-9-16-7-4-3-5-8-16)21-20(25-18)22(29)27-23(30)26-21/h3-5,7-8,13-14,24H,6,9-12H2,1-2H3,(H,27,29,30). The monoisotopic (exact) mass is 419 g/mol. The van der Waals surface area contributed by atoms with Gasteiger partial charge in [0.25, 0.3) is 5.56 Å². The van der Waals surface area contributed by atoms with Crippen LogP contribution in [0.1, 0.15) is 17.5 Å². The summed E-state index contributed by atoms with van der Waals surface area (Å²) in [5.74, 6) is 0.306. The van der Waals surface area contributed by atoms with Gasteiger partial charge in [0, 0.05) is 25.9 Å². The predicted molar refractivity (Wildman–Crippen MR) is 121 cm³/mol. The van der Waals surface area contributed by atoms with E-state index in [1.54, 1.807) is 7.11 Å². The summed E-state index contributed by atoms with van der Waals surface area (Å²) in [6.45, 7) is 3.84. The molecule has 0 aliphatic carbocycles. The molecule has 2 N–H and O–H groups in total. The molecule has 2 aromatic carbocycles. The molecule has 4 rings (SSSR count). The smallest absolute Gasteiger partial charge is 0.349 e. The second-order valence-corrected chi connectivity index (χ2v) is 7.47. The molecule has 8 nitrogen and oxygen atoms in total. The Morgan fingerprint density at radius 3 is 2.71 bits per heavy atom. The molecule has 0 spiro atoms. The molecular formula is C23H25N5O3. The van der Waals surface area contributed by atoms with Gasteiger partial charge in [0.05, 0.1) is 17.6 Å². The summed E-state index contributed by atoms with van der Waals surface area (Å²) in [7, 11) is 1.66. The molecule has 0 unspecified atom stereocenters. The van der Waals surface area contributed by atoms with Crippen LogP contribution in [-0.2, 0) is 17.7 Å². The van der Waals surface area contributed by atoms with Crippen LogP contribution >= 0.6 is 0 Å². The molecule has 160 valence electrons. The minimum Gasteiger partial charge on any atom is -0.383 e. The molecule has 0 saturated carbocycles. The van der Waals surface area contributed by atoms with Crippen molar-refractivity contribution in [2.75, 3.05) is 25.6 Å². The number of aromatic nitrogens is 4. The third-order valence-electron chi connectivity index (χ3n) is 5.27. The number of anilines is 1. The topological polar surface area (TPSA) is 102 Å². The van der Waals surface area contributed by atoms with Gasteiger partial charge < -0.3 is 14.6 Å². The number of rotatable bonds is 8. The summed E-state index contributed by atoms with van der Waals surface area (Å²) in [6.07, 6.45) is 1.70. The lowest BCUT2D eigenvalue weighted by Gasteiger charge is -2.19. The molecule has 0 atom stereocenters. The van der Waals surface area contributed by atoms with Crippen LogP contribution in [0.25, 0.3) is 22.6 Å². The number of hydrogen-bond acceptors (Lipinski definition) is 6. The van der Waals surface area contributed by atoms with Crippen LogP contribution in [0, 0.1) is 6.92 Å². The zero-order valence-electron chi connectivity index (χ0n) is 17.6. The second kappa shape index (κ2) is 9.09. The lowest BCUT2D eigenvalue weighted by molar-refractivity contribution is 0.211. The van der Waals surface area contributed by atoms with Crippen molar-refractivity contribution in [3.63, 3.8) is 0 Å². The number of H-pyrrole nitrogens is 1. The molecule has 0 aromatic heterocycles. The highest BCUT2D eigenvalue weighted by Crippen LogP contribution is 2.27. The van der Waals surface area contributed by atoms with E-state index in [9.17, 15) is 9.59 Å². The molecule has 0 amide bonds. The van der Waals surface area contributed by atoms with Crippen molar-refractivity contribution in [1.29, 1.82) is 0 Å². The van der Waals surface area contributed by atoms with E-state index in [2.05, 4.69) is 32.4 Å². The summed E-state index contributed by atoms with van der Waals surface area (Å²) in [6, 6.07) is 14.2. The normalized spacial score (nSPS) is 11.3. The van der Waals surface area contributed by atoms with Crippen LogP contribution in [-0.4, -0.2) is 39.8 Å². The zero-order chi connectivity index (χ0) is 21.8. The third kappa shape index (κ3) is 4.49. The Morgan fingerprint density at radius 2 is 1.94 bits per heavy atom. The van der Waals surface area contributed by atoms with Gasteiger partial charge in [-0.1, -0.05) is 30.3 Å². The number of fused-ring (bicyclic) bond motifs is 2. The van der Waals surface area contributed by atoms with E-state index in [0.29, 0.717) is 31.0 Å². The zero-order valence-corrected chi connectivity index (χ0v) is 17.6. The Kier molecular flexibility index (Phi) is 6.08. The number of methoxy groups -OCH3 is 1. The fourth-order valence-electron chi connectivity index (χ4n) is 3.74. The van der Waals surface area contributed by atoms with Crippen molar-refractivity contribution in [3.8, 4) is 11.5 Å². The maximum atomic E-state index is 12.4. The first-order valence-electron chi connectivity index (χ1n) is 10.3. The molecule has 2 aromatic rings. The summed E-state index contributed by atoms with van der Waals surface area (Å²) in [5.41, 5.74) is 3.70. The Hall–Kier alpha value is -3.52. The van der Waals surface area contributed by atoms with Crippen LogP contribution in [0.15, 0.2) is 52.1 Å². The van der Waals surface area contributed by atoms with Crippen molar-refractivity contribution in [2.24, 2.45) is 0 Å². The van der Waals surface area contributed by atoms with Crippen LogP contribution < -0.4 is 16.6 Å².